The number of carbonyl (C=O) groups is 2. The van der Waals surface area contributed by atoms with E-state index in [0.717, 1.165) is 0 Å². The van der Waals surface area contributed by atoms with Crippen LogP contribution >= 0.6 is 0 Å². The summed E-state index contributed by atoms with van der Waals surface area (Å²) in [5.74, 6) is -0.640. The fourth-order valence-electron chi connectivity index (χ4n) is 2.33. The maximum absolute atomic E-state index is 12.0. The average molecular weight is 329 g/mol. The molecule has 11 nitrogen and oxygen atoms in total. The fourth-order valence-corrected chi connectivity index (χ4v) is 2.70. The molecule has 1 aromatic heterocycles. The van der Waals surface area contributed by atoms with Crippen LogP contribution in [0.2, 0.25) is 0 Å². The van der Waals surface area contributed by atoms with Crippen molar-refractivity contribution in [3.8, 4) is 0 Å². The number of carbonyl (C=O) groups excluding carboxylic acids is 2. The van der Waals surface area contributed by atoms with Crippen LogP contribution < -0.4 is 5.73 Å². The number of hydroxylamine groups is 2. The first-order valence-electron chi connectivity index (χ1n) is 6.05. The van der Waals surface area contributed by atoms with Crippen LogP contribution in [0.15, 0.2) is 18.5 Å². The molecular formula is C10H11N5O6S. The minimum absolute atomic E-state index is 0.139. The Kier molecular flexibility index (Phi) is 3.16. The molecule has 2 aliphatic rings. The zero-order valence-electron chi connectivity index (χ0n) is 11.0. The SMILES string of the molecule is NC(=O)c1cnn(C2=CC3CN(C2)C(=O)N3OS(=O)(=O)O)c1. The molecule has 1 fully saturated rings. The summed E-state index contributed by atoms with van der Waals surface area (Å²) in [6.45, 7) is 0.350. The van der Waals surface area contributed by atoms with Gasteiger partial charge in [0.05, 0.1) is 24.0 Å². The smallest absolute Gasteiger partial charge is 0.366 e. The van der Waals surface area contributed by atoms with E-state index >= 15 is 0 Å². The standard InChI is InChI=1S/C10H11N5O6S/c11-9(16)6-2-12-14(3-6)7-1-8-5-13(4-7)10(17)15(8)21-22(18,19)20/h1-3,8H,4-5H2,(H2,11,16)(H,18,19,20). The molecule has 0 spiro atoms. The van der Waals surface area contributed by atoms with Crippen molar-refractivity contribution < 1.29 is 26.8 Å². The molecule has 0 aliphatic carbocycles. The van der Waals surface area contributed by atoms with E-state index < -0.39 is 28.4 Å². The topological polar surface area (TPSA) is 148 Å². The Labute approximate surface area is 124 Å². The highest BCUT2D eigenvalue weighted by Crippen LogP contribution is 2.27. The van der Waals surface area contributed by atoms with E-state index in [2.05, 4.69) is 9.38 Å². The van der Waals surface area contributed by atoms with Crippen molar-refractivity contribution in [2.45, 2.75) is 6.04 Å². The van der Waals surface area contributed by atoms with Crippen LogP contribution in [0.25, 0.3) is 5.70 Å². The van der Waals surface area contributed by atoms with E-state index in [1.807, 2.05) is 0 Å². The number of fused-ring (bicyclic) bond motifs is 2. The Balaban J connectivity index is 1.89. The van der Waals surface area contributed by atoms with Crippen LogP contribution in [0.5, 0.6) is 0 Å². The van der Waals surface area contributed by atoms with Crippen molar-refractivity contribution in [3.05, 3.63) is 24.0 Å². The molecule has 1 atom stereocenters. The van der Waals surface area contributed by atoms with E-state index in [9.17, 15) is 18.0 Å². The third-order valence-electron chi connectivity index (χ3n) is 3.24. The number of amides is 3. The minimum Gasteiger partial charge on any atom is -0.366 e. The second-order valence-electron chi connectivity index (χ2n) is 4.75. The van der Waals surface area contributed by atoms with Gasteiger partial charge in [-0.1, -0.05) is 0 Å². The van der Waals surface area contributed by atoms with Gasteiger partial charge in [0.15, 0.2) is 0 Å². The Morgan fingerprint density at radius 1 is 1.50 bits per heavy atom. The highest BCUT2D eigenvalue weighted by atomic mass is 32.3. The summed E-state index contributed by atoms with van der Waals surface area (Å²) >= 11 is 0. The average Bonchev–Trinajstić information content (AvgIpc) is 2.98. The van der Waals surface area contributed by atoms with Crippen molar-refractivity contribution in [3.63, 3.8) is 0 Å². The maximum Gasteiger partial charge on any atom is 0.418 e. The second-order valence-corrected chi connectivity index (χ2v) is 5.76. The number of nitrogens with zero attached hydrogens (tertiary/aromatic N) is 4. The third kappa shape index (κ3) is 2.54. The van der Waals surface area contributed by atoms with Gasteiger partial charge in [0.25, 0.3) is 5.91 Å². The Hall–Kier alpha value is -2.44. The van der Waals surface area contributed by atoms with E-state index in [4.69, 9.17) is 10.3 Å². The van der Waals surface area contributed by atoms with E-state index in [1.165, 1.54) is 22.0 Å². The van der Waals surface area contributed by atoms with Gasteiger partial charge in [-0.05, 0) is 6.08 Å². The van der Waals surface area contributed by atoms with Crippen LogP contribution in [0.1, 0.15) is 10.4 Å². The number of urea groups is 1. The molecule has 0 aromatic carbocycles. The number of rotatable bonds is 4. The lowest BCUT2D eigenvalue weighted by Gasteiger charge is -2.20. The quantitative estimate of drug-likeness (QED) is 0.650. The zero-order valence-corrected chi connectivity index (χ0v) is 11.8. The van der Waals surface area contributed by atoms with Gasteiger partial charge in [0.1, 0.15) is 6.04 Å². The van der Waals surface area contributed by atoms with Gasteiger partial charge in [-0.2, -0.15) is 18.6 Å². The van der Waals surface area contributed by atoms with Crippen molar-refractivity contribution in [1.82, 2.24) is 19.7 Å². The van der Waals surface area contributed by atoms with Crippen molar-refractivity contribution >= 4 is 28.0 Å². The first-order valence-corrected chi connectivity index (χ1v) is 7.42. The zero-order chi connectivity index (χ0) is 16.1. The van der Waals surface area contributed by atoms with Gasteiger partial charge in [-0.15, -0.1) is 4.28 Å². The van der Waals surface area contributed by atoms with Crippen LogP contribution in [0.4, 0.5) is 4.79 Å². The molecule has 1 unspecified atom stereocenters. The molecule has 2 aliphatic heterocycles. The van der Waals surface area contributed by atoms with Gasteiger partial charge in [-0.3, -0.25) is 9.35 Å². The first kappa shape index (κ1) is 14.5. The molecule has 2 bridgehead atoms. The Morgan fingerprint density at radius 3 is 2.82 bits per heavy atom. The van der Waals surface area contributed by atoms with Crippen molar-refractivity contribution in [2.75, 3.05) is 13.1 Å². The third-order valence-corrected chi connectivity index (χ3v) is 3.59. The largest absolute Gasteiger partial charge is 0.418 e. The van der Waals surface area contributed by atoms with Crippen molar-refractivity contribution in [1.29, 1.82) is 0 Å². The number of aromatic nitrogens is 2. The molecule has 3 rings (SSSR count). The molecule has 12 heteroatoms. The van der Waals surface area contributed by atoms with Crippen LogP contribution in [-0.4, -0.2) is 63.8 Å². The second kappa shape index (κ2) is 4.79. The lowest BCUT2D eigenvalue weighted by Crippen LogP contribution is -2.35. The molecule has 1 aromatic rings. The summed E-state index contributed by atoms with van der Waals surface area (Å²) in [7, 11) is -4.80. The normalized spacial score (nSPS) is 21.2. The Morgan fingerprint density at radius 2 is 2.23 bits per heavy atom. The summed E-state index contributed by atoms with van der Waals surface area (Å²) in [6, 6.07) is -1.41. The highest BCUT2D eigenvalue weighted by molar-refractivity contribution is 7.80. The van der Waals surface area contributed by atoms with Crippen LogP contribution in [0.3, 0.4) is 0 Å². The van der Waals surface area contributed by atoms with Gasteiger partial charge in [0.2, 0.25) is 0 Å². The molecular weight excluding hydrogens is 318 g/mol. The molecule has 118 valence electrons. The van der Waals surface area contributed by atoms with Gasteiger partial charge in [0, 0.05) is 12.7 Å². The molecule has 22 heavy (non-hydrogen) atoms. The van der Waals surface area contributed by atoms with Gasteiger partial charge in [-0.25, -0.2) is 9.48 Å². The van der Waals surface area contributed by atoms with Gasteiger partial charge >= 0.3 is 16.4 Å². The number of hydrogen-bond donors (Lipinski definition) is 2. The van der Waals surface area contributed by atoms with E-state index in [0.29, 0.717) is 10.8 Å². The number of primary amides is 1. The van der Waals surface area contributed by atoms with Gasteiger partial charge < -0.3 is 10.6 Å². The van der Waals surface area contributed by atoms with E-state index in [1.54, 1.807) is 6.08 Å². The summed E-state index contributed by atoms with van der Waals surface area (Å²) in [5.41, 5.74) is 5.88. The molecule has 0 radical (unpaired) electrons. The van der Waals surface area contributed by atoms with Crippen LogP contribution in [-0.2, 0) is 14.7 Å². The lowest BCUT2D eigenvalue weighted by molar-refractivity contribution is -0.0183. The number of hydrogen-bond acceptors (Lipinski definition) is 6. The van der Waals surface area contributed by atoms with Crippen molar-refractivity contribution in [2.24, 2.45) is 5.73 Å². The molecule has 3 N–H and O–H groups in total. The lowest BCUT2D eigenvalue weighted by atomic mass is 10.2. The number of nitrogens with two attached hydrogens (primary N) is 1. The maximum atomic E-state index is 12.0. The molecule has 1 saturated heterocycles. The predicted molar refractivity (Wildman–Crippen MR) is 70.2 cm³/mol. The predicted octanol–water partition coefficient (Wildman–Crippen LogP) is -1.32. The van der Waals surface area contributed by atoms with E-state index in [-0.39, 0.29) is 18.7 Å². The first-order chi connectivity index (χ1) is 10.2. The summed E-state index contributed by atoms with van der Waals surface area (Å²) in [6.07, 6.45) is 4.24. The Bertz CT molecular complexity index is 783. The molecule has 3 heterocycles. The molecule has 3 amide bonds. The molecule has 0 saturated carbocycles. The monoisotopic (exact) mass is 329 g/mol. The highest BCUT2D eigenvalue weighted by Gasteiger charge is 2.43. The summed E-state index contributed by atoms with van der Waals surface area (Å²) < 4.78 is 35.9. The fraction of sp³-hybridized carbons (Fsp3) is 0.300. The summed E-state index contributed by atoms with van der Waals surface area (Å²) in [4.78, 5) is 24.3. The summed E-state index contributed by atoms with van der Waals surface area (Å²) in [5, 5.41) is 4.54. The minimum atomic E-state index is -4.80. The van der Waals surface area contributed by atoms with Crippen LogP contribution in [0, 0.1) is 0 Å².